The monoisotopic (exact) mass is 276 g/mol. The Labute approximate surface area is 116 Å². The zero-order valence-corrected chi connectivity index (χ0v) is 12.0. The molecular weight excluding hydrogens is 260 g/mol. The molecule has 0 saturated heterocycles. The number of carbonyl (C=O) groups excluding carboxylic acids is 1. The number of nitrogens with one attached hydrogen (secondary N) is 1. The SMILES string of the molecule is CCN(C(=O)c1nnc(NC)s1)c1ccccc1C. The Morgan fingerprint density at radius 1 is 1.37 bits per heavy atom. The lowest BCUT2D eigenvalue weighted by Crippen LogP contribution is -2.31. The molecule has 5 nitrogen and oxygen atoms in total. The first-order valence-electron chi connectivity index (χ1n) is 6.06. The van der Waals surface area contributed by atoms with Gasteiger partial charge in [0.05, 0.1) is 0 Å². The van der Waals surface area contributed by atoms with E-state index in [9.17, 15) is 4.79 Å². The van der Waals surface area contributed by atoms with Gasteiger partial charge in [0.15, 0.2) is 0 Å². The summed E-state index contributed by atoms with van der Waals surface area (Å²) in [5.41, 5.74) is 1.98. The molecule has 0 fully saturated rings. The Balaban J connectivity index is 2.32. The summed E-state index contributed by atoms with van der Waals surface area (Å²) in [6.45, 7) is 4.53. The molecule has 0 aliphatic rings. The number of nitrogens with zero attached hydrogens (tertiary/aromatic N) is 3. The zero-order valence-electron chi connectivity index (χ0n) is 11.2. The predicted octanol–water partition coefficient (Wildman–Crippen LogP) is 2.55. The first kappa shape index (κ1) is 13.5. The Bertz CT molecular complexity index is 582. The van der Waals surface area contributed by atoms with Crippen molar-refractivity contribution in [1.29, 1.82) is 0 Å². The number of hydrogen-bond donors (Lipinski definition) is 1. The van der Waals surface area contributed by atoms with Crippen molar-refractivity contribution >= 4 is 28.1 Å². The number of rotatable bonds is 4. The van der Waals surface area contributed by atoms with Crippen LogP contribution in [0.4, 0.5) is 10.8 Å². The van der Waals surface area contributed by atoms with E-state index in [0.29, 0.717) is 16.7 Å². The highest BCUT2D eigenvalue weighted by Crippen LogP contribution is 2.23. The van der Waals surface area contributed by atoms with Crippen molar-refractivity contribution in [3.8, 4) is 0 Å². The summed E-state index contributed by atoms with van der Waals surface area (Å²) in [6.07, 6.45) is 0. The van der Waals surface area contributed by atoms with Gasteiger partial charge in [-0.25, -0.2) is 0 Å². The zero-order chi connectivity index (χ0) is 13.8. The summed E-state index contributed by atoms with van der Waals surface area (Å²) in [5.74, 6) is -0.115. The second-order valence-corrected chi connectivity index (χ2v) is 4.98. The van der Waals surface area contributed by atoms with Gasteiger partial charge < -0.3 is 10.2 Å². The fourth-order valence-electron chi connectivity index (χ4n) is 1.82. The highest BCUT2D eigenvalue weighted by molar-refractivity contribution is 7.17. The maximum atomic E-state index is 12.5. The van der Waals surface area contributed by atoms with Crippen LogP contribution in [0, 0.1) is 6.92 Å². The summed E-state index contributed by atoms with van der Waals surface area (Å²) in [6, 6.07) is 7.82. The van der Waals surface area contributed by atoms with Crippen LogP contribution < -0.4 is 10.2 Å². The van der Waals surface area contributed by atoms with Gasteiger partial charge in [0.2, 0.25) is 10.1 Å². The highest BCUT2D eigenvalue weighted by atomic mass is 32.1. The van der Waals surface area contributed by atoms with Gasteiger partial charge in [-0.2, -0.15) is 0 Å². The second-order valence-electron chi connectivity index (χ2n) is 4.00. The molecule has 100 valence electrons. The molecule has 0 spiro atoms. The number of amides is 1. The summed E-state index contributed by atoms with van der Waals surface area (Å²) in [5, 5.41) is 11.7. The predicted molar refractivity (Wildman–Crippen MR) is 78.0 cm³/mol. The molecular formula is C13H16N4OS. The average Bonchev–Trinajstić information content (AvgIpc) is 2.90. The maximum absolute atomic E-state index is 12.5. The lowest BCUT2D eigenvalue weighted by molar-refractivity contribution is 0.0987. The molecule has 6 heteroatoms. The molecule has 0 radical (unpaired) electrons. The van der Waals surface area contributed by atoms with E-state index in [2.05, 4.69) is 15.5 Å². The third-order valence-corrected chi connectivity index (χ3v) is 3.72. The molecule has 2 rings (SSSR count). The van der Waals surface area contributed by atoms with Crippen LogP contribution in [0.25, 0.3) is 0 Å². The van der Waals surface area contributed by atoms with Crippen molar-refractivity contribution in [2.45, 2.75) is 13.8 Å². The third kappa shape index (κ3) is 2.73. The maximum Gasteiger partial charge on any atom is 0.289 e. The molecule has 1 amide bonds. The minimum Gasteiger partial charge on any atom is -0.363 e. The van der Waals surface area contributed by atoms with E-state index in [-0.39, 0.29) is 5.91 Å². The summed E-state index contributed by atoms with van der Waals surface area (Å²) < 4.78 is 0. The molecule has 1 heterocycles. The summed E-state index contributed by atoms with van der Waals surface area (Å²) in [7, 11) is 1.76. The molecule has 1 aromatic heterocycles. The number of anilines is 2. The van der Waals surface area contributed by atoms with Crippen LogP contribution >= 0.6 is 11.3 Å². The lowest BCUT2D eigenvalue weighted by Gasteiger charge is -2.21. The second kappa shape index (κ2) is 5.79. The Kier molecular flexibility index (Phi) is 4.11. The topological polar surface area (TPSA) is 58.1 Å². The van der Waals surface area contributed by atoms with Gasteiger partial charge in [-0.05, 0) is 25.5 Å². The van der Waals surface area contributed by atoms with Gasteiger partial charge >= 0.3 is 0 Å². The minimum atomic E-state index is -0.115. The van der Waals surface area contributed by atoms with Crippen molar-refractivity contribution in [2.24, 2.45) is 0 Å². The Morgan fingerprint density at radius 3 is 2.68 bits per heavy atom. The van der Waals surface area contributed by atoms with Gasteiger partial charge in [0.25, 0.3) is 5.91 Å². The molecule has 2 aromatic rings. The van der Waals surface area contributed by atoms with Crippen molar-refractivity contribution in [2.75, 3.05) is 23.8 Å². The number of para-hydroxylation sites is 1. The van der Waals surface area contributed by atoms with E-state index in [1.54, 1.807) is 11.9 Å². The van der Waals surface area contributed by atoms with E-state index in [1.807, 2.05) is 38.1 Å². The fourth-order valence-corrected chi connectivity index (χ4v) is 2.46. The number of aromatic nitrogens is 2. The largest absolute Gasteiger partial charge is 0.363 e. The molecule has 0 aliphatic heterocycles. The van der Waals surface area contributed by atoms with E-state index < -0.39 is 0 Å². The van der Waals surface area contributed by atoms with Crippen molar-refractivity contribution in [3.05, 3.63) is 34.8 Å². The third-order valence-electron chi connectivity index (χ3n) is 2.79. The lowest BCUT2D eigenvalue weighted by atomic mass is 10.2. The first-order valence-corrected chi connectivity index (χ1v) is 6.87. The molecule has 1 aromatic carbocycles. The van der Waals surface area contributed by atoms with Gasteiger partial charge in [-0.1, -0.05) is 29.5 Å². The molecule has 0 aliphatic carbocycles. The quantitative estimate of drug-likeness (QED) is 0.932. The van der Waals surface area contributed by atoms with E-state index in [0.717, 1.165) is 11.3 Å². The molecule has 0 bridgehead atoms. The molecule has 1 N–H and O–H groups in total. The number of aryl methyl sites for hydroxylation is 1. The van der Waals surface area contributed by atoms with Crippen molar-refractivity contribution in [1.82, 2.24) is 10.2 Å². The highest BCUT2D eigenvalue weighted by Gasteiger charge is 2.21. The van der Waals surface area contributed by atoms with E-state index >= 15 is 0 Å². The first-order chi connectivity index (χ1) is 9.17. The van der Waals surface area contributed by atoms with Crippen molar-refractivity contribution < 1.29 is 4.79 Å². The molecule has 0 saturated carbocycles. The van der Waals surface area contributed by atoms with Gasteiger partial charge in [-0.15, -0.1) is 10.2 Å². The van der Waals surface area contributed by atoms with Crippen LogP contribution in [0.3, 0.4) is 0 Å². The van der Waals surface area contributed by atoms with Gasteiger partial charge in [0, 0.05) is 19.3 Å². The summed E-state index contributed by atoms with van der Waals surface area (Å²) in [4.78, 5) is 14.2. The summed E-state index contributed by atoms with van der Waals surface area (Å²) >= 11 is 1.26. The van der Waals surface area contributed by atoms with Crippen LogP contribution in [0.5, 0.6) is 0 Å². The number of hydrogen-bond acceptors (Lipinski definition) is 5. The van der Waals surface area contributed by atoms with Crippen LogP contribution in [-0.4, -0.2) is 29.7 Å². The van der Waals surface area contributed by atoms with Crippen LogP contribution in [0.1, 0.15) is 22.3 Å². The Morgan fingerprint density at radius 2 is 2.11 bits per heavy atom. The number of benzene rings is 1. The molecule has 0 unspecified atom stereocenters. The normalized spacial score (nSPS) is 10.3. The van der Waals surface area contributed by atoms with E-state index in [4.69, 9.17) is 0 Å². The van der Waals surface area contributed by atoms with Crippen molar-refractivity contribution in [3.63, 3.8) is 0 Å². The fraction of sp³-hybridized carbons (Fsp3) is 0.308. The number of carbonyl (C=O) groups is 1. The van der Waals surface area contributed by atoms with Crippen LogP contribution in [0.15, 0.2) is 24.3 Å². The molecule has 19 heavy (non-hydrogen) atoms. The minimum absolute atomic E-state index is 0.115. The molecule has 0 atom stereocenters. The van der Waals surface area contributed by atoms with Crippen LogP contribution in [0.2, 0.25) is 0 Å². The average molecular weight is 276 g/mol. The smallest absolute Gasteiger partial charge is 0.289 e. The van der Waals surface area contributed by atoms with Gasteiger partial charge in [-0.3, -0.25) is 4.79 Å². The Hall–Kier alpha value is -1.95. The standard InChI is InChI=1S/C13H16N4OS/c1-4-17(10-8-6-5-7-9(10)2)12(18)11-15-16-13(14-3)19-11/h5-8H,4H2,1-3H3,(H,14,16). The van der Waals surface area contributed by atoms with Crippen LogP contribution in [-0.2, 0) is 0 Å². The van der Waals surface area contributed by atoms with Gasteiger partial charge in [0.1, 0.15) is 0 Å². The van der Waals surface area contributed by atoms with E-state index in [1.165, 1.54) is 11.3 Å².